The van der Waals surface area contributed by atoms with Crippen molar-refractivity contribution >= 4 is 17.4 Å². The van der Waals surface area contributed by atoms with Gasteiger partial charge in [0.05, 0.1) is 11.7 Å². The molecule has 0 bridgehead atoms. The molecule has 1 aliphatic rings. The molecular weight excluding hydrogens is 130 g/mol. The molecule has 50 valence electrons. The van der Waals surface area contributed by atoms with E-state index < -0.39 is 0 Å². The maximum Gasteiger partial charge on any atom is 0.0585 e. The molecule has 0 amide bonds. The van der Waals surface area contributed by atoms with Crippen LogP contribution in [0.15, 0.2) is 4.99 Å². The Hall–Kier alpha value is -0.200. The van der Waals surface area contributed by atoms with Crippen molar-refractivity contribution in [1.82, 2.24) is 0 Å². The predicted octanol–water partition coefficient (Wildman–Crippen LogP) is 2.28. The van der Waals surface area contributed by atoms with Crippen molar-refractivity contribution < 1.29 is 0 Å². The fourth-order valence-corrected chi connectivity index (χ4v) is 1.43. The van der Waals surface area contributed by atoms with Crippen LogP contribution in [-0.4, -0.2) is 11.7 Å². The molecule has 0 spiro atoms. The number of isothiocyanates is 1. The predicted molar refractivity (Wildman–Crippen MR) is 41.9 cm³/mol. The van der Waals surface area contributed by atoms with Gasteiger partial charge in [-0.1, -0.05) is 12.8 Å². The zero-order valence-corrected chi connectivity index (χ0v) is 6.28. The fraction of sp³-hybridized carbons (Fsp3) is 0.857. The van der Waals surface area contributed by atoms with E-state index in [2.05, 4.69) is 22.4 Å². The first-order valence-corrected chi connectivity index (χ1v) is 3.88. The van der Waals surface area contributed by atoms with Gasteiger partial charge in [0.25, 0.3) is 0 Å². The highest BCUT2D eigenvalue weighted by Crippen LogP contribution is 2.24. The van der Waals surface area contributed by atoms with Gasteiger partial charge >= 0.3 is 0 Å². The minimum absolute atomic E-state index is 0.820. The summed E-state index contributed by atoms with van der Waals surface area (Å²) in [5.41, 5.74) is 0. The van der Waals surface area contributed by atoms with E-state index in [1.165, 1.54) is 25.7 Å². The van der Waals surface area contributed by atoms with Gasteiger partial charge in [0.2, 0.25) is 0 Å². The lowest BCUT2D eigenvalue weighted by Gasteiger charge is -1.99. The first-order chi connectivity index (χ1) is 4.43. The Balaban J connectivity index is 2.18. The van der Waals surface area contributed by atoms with Gasteiger partial charge in [-0.2, -0.15) is 0 Å². The molecule has 0 heterocycles. The number of nitrogens with zero attached hydrogens (tertiary/aromatic N) is 1. The summed E-state index contributed by atoms with van der Waals surface area (Å²) in [7, 11) is 0. The summed E-state index contributed by atoms with van der Waals surface area (Å²) < 4.78 is 0. The van der Waals surface area contributed by atoms with Crippen molar-refractivity contribution in [3.63, 3.8) is 0 Å². The summed E-state index contributed by atoms with van der Waals surface area (Å²) >= 11 is 4.47. The van der Waals surface area contributed by atoms with Crippen LogP contribution >= 0.6 is 12.2 Å². The lowest BCUT2D eigenvalue weighted by atomic mass is 10.1. The Morgan fingerprint density at radius 1 is 1.44 bits per heavy atom. The molecule has 1 rings (SSSR count). The third-order valence-electron chi connectivity index (χ3n) is 1.89. The van der Waals surface area contributed by atoms with Gasteiger partial charge in [-0.15, -0.1) is 0 Å². The Kier molecular flexibility index (Phi) is 2.88. The van der Waals surface area contributed by atoms with E-state index in [9.17, 15) is 0 Å². The Morgan fingerprint density at radius 2 is 2.11 bits per heavy atom. The minimum atomic E-state index is 0.820. The Bertz CT molecular complexity index is 121. The maximum absolute atomic E-state index is 4.47. The first kappa shape index (κ1) is 6.91. The standard InChI is InChI=1S/C7H11NS/c9-6-8-5-7-3-1-2-4-7/h7H,1-5H2. The summed E-state index contributed by atoms with van der Waals surface area (Å²) in [5, 5.41) is 2.40. The van der Waals surface area contributed by atoms with E-state index >= 15 is 0 Å². The van der Waals surface area contributed by atoms with E-state index in [-0.39, 0.29) is 0 Å². The maximum atomic E-state index is 4.47. The third-order valence-corrected chi connectivity index (χ3v) is 2.02. The monoisotopic (exact) mass is 141 g/mol. The molecule has 0 N–H and O–H groups in total. The topological polar surface area (TPSA) is 12.4 Å². The molecule has 0 saturated heterocycles. The van der Waals surface area contributed by atoms with Crippen LogP contribution in [0.4, 0.5) is 0 Å². The van der Waals surface area contributed by atoms with Crippen LogP contribution in [0.25, 0.3) is 0 Å². The van der Waals surface area contributed by atoms with Crippen LogP contribution in [0.3, 0.4) is 0 Å². The number of thiocarbonyl (C=S) groups is 1. The molecule has 1 fully saturated rings. The largest absolute Gasteiger partial charge is 0.232 e. The normalized spacial score (nSPS) is 19.6. The van der Waals surface area contributed by atoms with Crippen molar-refractivity contribution in [2.45, 2.75) is 25.7 Å². The molecule has 9 heavy (non-hydrogen) atoms. The van der Waals surface area contributed by atoms with Crippen molar-refractivity contribution in [1.29, 1.82) is 0 Å². The molecule has 0 aromatic carbocycles. The lowest BCUT2D eigenvalue weighted by molar-refractivity contribution is 0.565. The van der Waals surface area contributed by atoms with E-state index in [0.717, 1.165) is 12.5 Å². The number of aliphatic imine (C=N–C) groups is 1. The number of rotatable bonds is 2. The van der Waals surface area contributed by atoms with E-state index in [4.69, 9.17) is 0 Å². The highest BCUT2D eigenvalue weighted by atomic mass is 32.1. The summed E-state index contributed by atoms with van der Waals surface area (Å²) in [4.78, 5) is 3.92. The molecule has 1 saturated carbocycles. The summed E-state index contributed by atoms with van der Waals surface area (Å²) in [6.07, 6.45) is 5.47. The smallest absolute Gasteiger partial charge is 0.0585 e. The van der Waals surface area contributed by atoms with Crippen LogP contribution in [0.2, 0.25) is 0 Å². The molecule has 0 radical (unpaired) electrons. The van der Waals surface area contributed by atoms with E-state index in [1.54, 1.807) is 0 Å². The molecule has 0 unspecified atom stereocenters. The molecule has 2 heteroatoms. The molecular formula is C7H11NS. The summed E-state index contributed by atoms with van der Waals surface area (Å²) in [6, 6.07) is 0. The molecule has 0 aromatic heterocycles. The number of hydrogen-bond acceptors (Lipinski definition) is 2. The summed E-state index contributed by atoms with van der Waals surface area (Å²) in [6.45, 7) is 0.920. The second-order valence-corrected chi connectivity index (χ2v) is 2.77. The van der Waals surface area contributed by atoms with Crippen molar-refractivity contribution in [2.75, 3.05) is 6.54 Å². The Labute approximate surface area is 61.2 Å². The van der Waals surface area contributed by atoms with E-state index in [0.29, 0.717) is 0 Å². The van der Waals surface area contributed by atoms with Gasteiger partial charge in [-0.25, -0.2) is 4.99 Å². The third kappa shape index (κ3) is 2.25. The average Bonchev–Trinajstić information content (AvgIpc) is 2.34. The molecule has 0 aliphatic heterocycles. The minimum Gasteiger partial charge on any atom is -0.232 e. The highest BCUT2D eigenvalue weighted by Gasteiger charge is 2.13. The van der Waals surface area contributed by atoms with Crippen molar-refractivity contribution in [3.05, 3.63) is 0 Å². The van der Waals surface area contributed by atoms with Crippen LogP contribution in [-0.2, 0) is 0 Å². The Morgan fingerprint density at radius 3 is 2.67 bits per heavy atom. The van der Waals surface area contributed by atoms with Crippen LogP contribution in [0.1, 0.15) is 25.7 Å². The lowest BCUT2D eigenvalue weighted by Crippen LogP contribution is -1.96. The first-order valence-electron chi connectivity index (χ1n) is 3.47. The van der Waals surface area contributed by atoms with E-state index in [1.807, 2.05) is 0 Å². The zero-order chi connectivity index (χ0) is 6.53. The second-order valence-electron chi connectivity index (χ2n) is 2.58. The van der Waals surface area contributed by atoms with Crippen molar-refractivity contribution in [2.24, 2.45) is 10.9 Å². The molecule has 1 aliphatic carbocycles. The molecule has 0 atom stereocenters. The fourth-order valence-electron chi connectivity index (χ4n) is 1.36. The molecule has 1 nitrogen and oxygen atoms in total. The van der Waals surface area contributed by atoms with Gasteiger partial charge in [0.1, 0.15) is 0 Å². The zero-order valence-electron chi connectivity index (χ0n) is 5.47. The van der Waals surface area contributed by atoms with Gasteiger partial charge in [0, 0.05) is 0 Å². The molecule has 0 aromatic rings. The van der Waals surface area contributed by atoms with Gasteiger partial charge < -0.3 is 0 Å². The van der Waals surface area contributed by atoms with Gasteiger partial charge in [0.15, 0.2) is 0 Å². The van der Waals surface area contributed by atoms with Crippen LogP contribution < -0.4 is 0 Å². The quantitative estimate of drug-likeness (QED) is 0.424. The second kappa shape index (κ2) is 3.76. The highest BCUT2D eigenvalue weighted by molar-refractivity contribution is 7.78. The SMILES string of the molecule is S=C=NCC1CCCC1. The van der Waals surface area contributed by atoms with Gasteiger partial charge in [-0.05, 0) is 31.0 Å². The van der Waals surface area contributed by atoms with Gasteiger partial charge in [-0.3, -0.25) is 0 Å². The van der Waals surface area contributed by atoms with Crippen LogP contribution in [0, 0.1) is 5.92 Å². The average molecular weight is 141 g/mol. The van der Waals surface area contributed by atoms with Crippen LogP contribution in [0.5, 0.6) is 0 Å². The summed E-state index contributed by atoms with van der Waals surface area (Å²) in [5.74, 6) is 0.820. The number of hydrogen-bond donors (Lipinski definition) is 0. The van der Waals surface area contributed by atoms with Crippen molar-refractivity contribution in [3.8, 4) is 0 Å².